The summed E-state index contributed by atoms with van der Waals surface area (Å²) in [6.45, 7) is 8.57. The minimum atomic E-state index is 0.536. The van der Waals surface area contributed by atoms with Gasteiger partial charge in [0.2, 0.25) is 0 Å². The molecule has 0 saturated heterocycles. The SMILES string of the molecule is Cc1ccc(C)n1-c1ccc(C(C)C)cn1. The van der Waals surface area contributed by atoms with Gasteiger partial charge >= 0.3 is 0 Å². The second-order valence-electron chi connectivity index (χ2n) is 4.56. The first-order valence-corrected chi connectivity index (χ1v) is 5.71. The first-order valence-electron chi connectivity index (χ1n) is 5.71. The highest BCUT2D eigenvalue weighted by Gasteiger charge is 2.05. The van der Waals surface area contributed by atoms with Crippen molar-refractivity contribution in [2.75, 3.05) is 0 Å². The number of aromatic nitrogens is 2. The molecule has 0 radical (unpaired) electrons. The Morgan fingerprint density at radius 2 is 1.62 bits per heavy atom. The van der Waals surface area contributed by atoms with Gasteiger partial charge in [-0.05, 0) is 43.5 Å². The van der Waals surface area contributed by atoms with Crippen LogP contribution in [0.2, 0.25) is 0 Å². The van der Waals surface area contributed by atoms with Crippen LogP contribution in [0.25, 0.3) is 5.82 Å². The molecule has 0 fully saturated rings. The lowest BCUT2D eigenvalue weighted by Gasteiger charge is -2.10. The minimum absolute atomic E-state index is 0.536. The van der Waals surface area contributed by atoms with Crippen LogP contribution in [0.3, 0.4) is 0 Å². The molecule has 0 aromatic carbocycles. The Kier molecular flexibility index (Phi) is 2.82. The third-order valence-electron chi connectivity index (χ3n) is 2.94. The van der Waals surface area contributed by atoms with Gasteiger partial charge in [0, 0.05) is 17.6 Å². The van der Waals surface area contributed by atoms with E-state index in [9.17, 15) is 0 Å². The Morgan fingerprint density at radius 3 is 2.06 bits per heavy atom. The van der Waals surface area contributed by atoms with Crippen LogP contribution >= 0.6 is 0 Å². The van der Waals surface area contributed by atoms with Crippen LogP contribution in [0.1, 0.15) is 36.7 Å². The van der Waals surface area contributed by atoms with E-state index in [2.05, 4.69) is 61.5 Å². The van der Waals surface area contributed by atoms with Gasteiger partial charge in [0.25, 0.3) is 0 Å². The van der Waals surface area contributed by atoms with Gasteiger partial charge in [-0.25, -0.2) is 4.98 Å². The average molecular weight is 214 g/mol. The minimum Gasteiger partial charge on any atom is -0.303 e. The Labute approximate surface area is 97.0 Å². The fourth-order valence-corrected chi connectivity index (χ4v) is 1.90. The van der Waals surface area contributed by atoms with Crippen LogP contribution in [0.5, 0.6) is 0 Å². The van der Waals surface area contributed by atoms with E-state index in [-0.39, 0.29) is 0 Å². The molecule has 2 aromatic rings. The summed E-state index contributed by atoms with van der Waals surface area (Å²) in [5.74, 6) is 1.54. The summed E-state index contributed by atoms with van der Waals surface area (Å²) in [6, 6.07) is 8.49. The summed E-state index contributed by atoms with van der Waals surface area (Å²) in [6.07, 6.45) is 1.97. The molecule has 0 saturated carbocycles. The lowest BCUT2D eigenvalue weighted by atomic mass is 10.1. The number of pyridine rings is 1. The molecule has 2 heteroatoms. The molecule has 2 aromatic heterocycles. The first-order chi connectivity index (χ1) is 7.59. The van der Waals surface area contributed by atoms with Crippen LogP contribution in [0, 0.1) is 13.8 Å². The molecule has 0 N–H and O–H groups in total. The van der Waals surface area contributed by atoms with Crippen molar-refractivity contribution in [1.29, 1.82) is 0 Å². The molecule has 0 aliphatic heterocycles. The molecule has 0 amide bonds. The summed E-state index contributed by atoms with van der Waals surface area (Å²) >= 11 is 0. The van der Waals surface area contributed by atoms with Gasteiger partial charge in [0.05, 0.1) is 0 Å². The molecule has 0 atom stereocenters. The van der Waals surface area contributed by atoms with E-state index in [1.165, 1.54) is 17.0 Å². The molecule has 2 rings (SSSR count). The number of hydrogen-bond acceptors (Lipinski definition) is 1. The van der Waals surface area contributed by atoms with Gasteiger partial charge in [-0.3, -0.25) is 0 Å². The fraction of sp³-hybridized carbons (Fsp3) is 0.357. The lowest BCUT2D eigenvalue weighted by Crippen LogP contribution is -2.02. The molecule has 0 aliphatic rings. The first kappa shape index (κ1) is 10.9. The third-order valence-corrected chi connectivity index (χ3v) is 2.94. The summed E-state index contributed by atoms with van der Waals surface area (Å²) < 4.78 is 2.17. The Balaban J connectivity index is 2.42. The Hall–Kier alpha value is -1.57. The zero-order valence-electron chi connectivity index (χ0n) is 10.4. The number of aryl methyl sites for hydroxylation is 2. The van der Waals surface area contributed by atoms with Crippen molar-refractivity contribution in [2.45, 2.75) is 33.6 Å². The van der Waals surface area contributed by atoms with Gasteiger partial charge < -0.3 is 4.57 Å². The zero-order valence-corrected chi connectivity index (χ0v) is 10.4. The smallest absolute Gasteiger partial charge is 0.136 e. The van der Waals surface area contributed by atoms with Gasteiger partial charge in [0.1, 0.15) is 5.82 Å². The van der Waals surface area contributed by atoms with Gasteiger partial charge in [-0.2, -0.15) is 0 Å². The average Bonchev–Trinajstić information content (AvgIpc) is 2.59. The van der Waals surface area contributed by atoms with Crippen molar-refractivity contribution in [3.8, 4) is 5.82 Å². The molecule has 0 aliphatic carbocycles. The molecule has 2 nitrogen and oxygen atoms in total. The van der Waals surface area contributed by atoms with E-state index < -0.39 is 0 Å². The van der Waals surface area contributed by atoms with Crippen LogP contribution in [-0.4, -0.2) is 9.55 Å². The molecule has 84 valence electrons. The number of rotatable bonds is 2. The van der Waals surface area contributed by atoms with Gasteiger partial charge in [-0.15, -0.1) is 0 Å². The van der Waals surface area contributed by atoms with Crippen molar-refractivity contribution >= 4 is 0 Å². The second-order valence-corrected chi connectivity index (χ2v) is 4.56. The van der Waals surface area contributed by atoms with E-state index in [4.69, 9.17) is 0 Å². The van der Waals surface area contributed by atoms with E-state index in [1.54, 1.807) is 0 Å². The van der Waals surface area contributed by atoms with E-state index in [0.717, 1.165) is 5.82 Å². The number of hydrogen-bond donors (Lipinski definition) is 0. The molecule has 0 bridgehead atoms. The van der Waals surface area contributed by atoms with Crippen LogP contribution in [0.4, 0.5) is 0 Å². The van der Waals surface area contributed by atoms with Crippen LogP contribution in [0.15, 0.2) is 30.5 Å². The lowest BCUT2D eigenvalue weighted by molar-refractivity contribution is 0.846. The standard InChI is InChI=1S/C14H18N2/c1-10(2)13-7-8-14(15-9-13)16-11(3)5-6-12(16)4/h5-10H,1-4H3. The maximum absolute atomic E-state index is 4.53. The maximum atomic E-state index is 4.53. The van der Waals surface area contributed by atoms with Crippen molar-refractivity contribution < 1.29 is 0 Å². The van der Waals surface area contributed by atoms with Crippen molar-refractivity contribution in [1.82, 2.24) is 9.55 Å². The summed E-state index contributed by atoms with van der Waals surface area (Å²) in [5, 5.41) is 0. The van der Waals surface area contributed by atoms with E-state index >= 15 is 0 Å². The van der Waals surface area contributed by atoms with Crippen molar-refractivity contribution in [3.63, 3.8) is 0 Å². The fourth-order valence-electron chi connectivity index (χ4n) is 1.90. The van der Waals surface area contributed by atoms with E-state index in [0.29, 0.717) is 5.92 Å². The van der Waals surface area contributed by atoms with Gasteiger partial charge in [0.15, 0.2) is 0 Å². The Morgan fingerprint density at radius 1 is 1.00 bits per heavy atom. The van der Waals surface area contributed by atoms with E-state index in [1.807, 2.05) is 6.20 Å². The highest BCUT2D eigenvalue weighted by Crippen LogP contribution is 2.17. The van der Waals surface area contributed by atoms with Crippen LogP contribution in [-0.2, 0) is 0 Å². The normalized spacial score (nSPS) is 11.1. The predicted octanol–water partition coefficient (Wildman–Crippen LogP) is 3.61. The topological polar surface area (TPSA) is 17.8 Å². The highest BCUT2D eigenvalue weighted by molar-refractivity contribution is 5.33. The molecule has 0 spiro atoms. The summed E-state index contributed by atoms with van der Waals surface area (Å²) in [4.78, 5) is 4.53. The van der Waals surface area contributed by atoms with Gasteiger partial charge in [-0.1, -0.05) is 19.9 Å². The highest BCUT2D eigenvalue weighted by atomic mass is 15.1. The molecular formula is C14H18N2. The molecule has 0 unspecified atom stereocenters. The summed E-state index contributed by atoms with van der Waals surface area (Å²) in [7, 11) is 0. The van der Waals surface area contributed by atoms with Crippen molar-refractivity contribution in [3.05, 3.63) is 47.4 Å². The largest absolute Gasteiger partial charge is 0.303 e. The molecule has 16 heavy (non-hydrogen) atoms. The Bertz CT molecular complexity index is 458. The predicted molar refractivity (Wildman–Crippen MR) is 67.1 cm³/mol. The second kappa shape index (κ2) is 4.12. The molecular weight excluding hydrogens is 196 g/mol. The molecule has 2 heterocycles. The maximum Gasteiger partial charge on any atom is 0.136 e. The monoisotopic (exact) mass is 214 g/mol. The third kappa shape index (κ3) is 1.87. The quantitative estimate of drug-likeness (QED) is 0.746. The van der Waals surface area contributed by atoms with Crippen molar-refractivity contribution in [2.24, 2.45) is 0 Å². The zero-order chi connectivity index (χ0) is 11.7. The van der Waals surface area contributed by atoms with Crippen LogP contribution < -0.4 is 0 Å². The summed E-state index contributed by atoms with van der Waals surface area (Å²) in [5.41, 5.74) is 3.73. The number of nitrogens with zero attached hydrogens (tertiary/aromatic N) is 2.